The molecule has 2 aromatic heterocycles. The van der Waals surface area contributed by atoms with Crippen LogP contribution in [-0.2, 0) is 0 Å². The molecular weight excluding hydrogens is 214 g/mol. The Morgan fingerprint density at radius 1 is 1.00 bits per heavy atom. The molecule has 3 rings (SSSR count). The number of pyridine rings is 1. The molecule has 17 heavy (non-hydrogen) atoms. The summed E-state index contributed by atoms with van der Waals surface area (Å²) in [6, 6.07) is 11.1. The van der Waals surface area contributed by atoms with Gasteiger partial charge in [-0.3, -0.25) is 0 Å². The van der Waals surface area contributed by atoms with E-state index < -0.39 is 0 Å². The number of nitrogen functional groups attached to an aromatic ring is 1. The predicted molar refractivity (Wildman–Crippen MR) is 66.1 cm³/mol. The van der Waals surface area contributed by atoms with E-state index in [1.54, 1.807) is 6.20 Å². The number of ether oxygens (including phenoxy) is 1. The first-order valence-electron chi connectivity index (χ1n) is 5.27. The van der Waals surface area contributed by atoms with Crippen LogP contribution >= 0.6 is 0 Å². The maximum Gasteiger partial charge on any atom is 0.140 e. The Morgan fingerprint density at radius 3 is 2.65 bits per heavy atom. The summed E-state index contributed by atoms with van der Waals surface area (Å²) in [7, 11) is 0. The van der Waals surface area contributed by atoms with E-state index in [2.05, 4.69) is 4.98 Å². The molecule has 0 saturated heterocycles. The molecule has 0 bridgehead atoms. The number of anilines is 1. The fourth-order valence-corrected chi connectivity index (χ4v) is 1.63. The number of hydrogen-bond acceptors (Lipinski definition) is 3. The fraction of sp³-hybridized carbons (Fsp3) is 0. The average molecular weight is 225 g/mol. The van der Waals surface area contributed by atoms with Crippen molar-refractivity contribution in [3.05, 3.63) is 55.0 Å². The van der Waals surface area contributed by atoms with Crippen molar-refractivity contribution in [1.29, 1.82) is 0 Å². The SMILES string of the molecule is Nc1ccc(Oc2ccn3ccnc3c2)cc1. The van der Waals surface area contributed by atoms with Crippen molar-refractivity contribution in [3.8, 4) is 11.5 Å². The quantitative estimate of drug-likeness (QED) is 0.682. The molecule has 0 unspecified atom stereocenters. The Balaban J connectivity index is 1.91. The molecule has 0 saturated carbocycles. The smallest absolute Gasteiger partial charge is 0.140 e. The summed E-state index contributed by atoms with van der Waals surface area (Å²) in [4.78, 5) is 4.20. The van der Waals surface area contributed by atoms with Gasteiger partial charge in [0.2, 0.25) is 0 Å². The van der Waals surface area contributed by atoms with Crippen LogP contribution in [0.5, 0.6) is 11.5 Å². The zero-order chi connectivity index (χ0) is 11.7. The van der Waals surface area contributed by atoms with Gasteiger partial charge in [0.15, 0.2) is 0 Å². The highest BCUT2D eigenvalue weighted by Crippen LogP contribution is 2.22. The van der Waals surface area contributed by atoms with Crippen LogP contribution in [0.2, 0.25) is 0 Å². The molecule has 3 aromatic rings. The van der Waals surface area contributed by atoms with Crippen molar-refractivity contribution in [1.82, 2.24) is 9.38 Å². The number of nitrogens with two attached hydrogens (primary N) is 1. The molecule has 0 spiro atoms. The normalized spacial score (nSPS) is 10.6. The maximum absolute atomic E-state index is 5.70. The van der Waals surface area contributed by atoms with Crippen LogP contribution in [0.3, 0.4) is 0 Å². The van der Waals surface area contributed by atoms with Crippen LogP contribution in [0.25, 0.3) is 5.65 Å². The van der Waals surface area contributed by atoms with E-state index >= 15 is 0 Å². The van der Waals surface area contributed by atoms with Crippen molar-refractivity contribution in [2.75, 3.05) is 5.73 Å². The summed E-state index contributed by atoms with van der Waals surface area (Å²) < 4.78 is 7.63. The highest BCUT2D eigenvalue weighted by atomic mass is 16.5. The minimum absolute atomic E-state index is 0.723. The van der Waals surface area contributed by atoms with E-state index in [1.165, 1.54) is 0 Å². The standard InChI is InChI=1S/C13H11N3O/c14-10-1-3-11(4-2-10)17-12-5-7-16-8-6-15-13(16)9-12/h1-9H,14H2. The highest BCUT2D eigenvalue weighted by Gasteiger charge is 1.99. The molecule has 0 atom stereocenters. The van der Waals surface area contributed by atoms with Crippen LogP contribution < -0.4 is 10.5 Å². The van der Waals surface area contributed by atoms with Crippen LogP contribution in [0.15, 0.2) is 55.0 Å². The Kier molecular flexibility index (Phi) is 2.19. The lowest BCUT2D eigenvalue weighted by molar-refractivity contribution is 0.482. The van der Waals surface area contributed by atoms with Gasteiger partial charge in [0, 0.05) is 30.3 Å². The molecule has 4 heteroatoms. The van der Waals surface area contributed by atoms with E-state index in [0.29, 0.717) is 0 Å². The molecule has 0 aliphatic heterocycles. The van der Waals surface area contributed by atoms with Gasteiger partial charge in [0.25, 0.3) is 0 Å². The zero-order valence-corrected chi connectivity index (χ0v) is 9.08. The topological polar surface area (TPSA) is 52.5 Å². The van der Waals surface area contributed by atoms with E-state index in [1.807, 2.05) is 53.2 Å². The van der Waals surface area contributed by atoms with Gasteiger partial charge in [-0.05, 0) is 30.3 Å². The van der Waals surface area contributed by atoms with Crippen LogP contribution in [0.1, 0.15) is 0 Å². The minimum atomic E-state index is 0.723. The molecule has 0 aliphatic carbocycles. The number of benzene rings is 1. The lowest BCUT2D eigenvalue weighted by Gasteiger charge is -2.06. The van der Waals surface area contributed by atoms with Gasteiger partial charge in [-0.15, -0.1) is 0 Å². The monoisotopic (exact) mass is 225 g/mol. The molecule has 2 N–H and O–H groups in total. The Bertz CT molecular complexity index is 643. The Labute approximate surface area is 98.3 Å². The fourth-order valence-electron chi connectivity index (χ4n) is 1.63. The third kappa shape index (κ3) is 1.92. The zero-order valence-electron chi connectivity index (χ0n) is 9.08. The third-order valence-corrected chi connectivity index (χ3v) is 2.49. The summed E-state index contributed by atoms with van der Waals surface area (Å²) in [6.45, 7) is 0. The van der Waals surface area contributed by atoms with Gasteiger partial charge in [-0.2, -0.15) is 0 Å². The van der Waals surface area contributed by atoms with Crippen LogP contribution in [0.4, 0.5) is 5.69 Å². The first-order valence-corrected chi connectivity index (χ1v) is 5.27. The minimum Gasteiger partial charge on any atom is -0.457 e. The molecule has 0 fully saturated rings. The molecule has 4 nitrogen and oxygen atoms in total. The van der Waals surface area contributed by atoms with Gasteiger partial charge in [0.05, 0.1) is 0 Å². The van der Waals surface area contributed by atoms with Crippen LogP contribution in [-0.4, -0.2) is 9.38 Å². The summed E-state index contributed by atoms with van der Waals surface area (Å²) >= 11 is 0. The second-order valence-electron chi connectivity index (χ2n) is 3.73. The molecule has 0 radical (unpaired) electrons. The highest BCUT2D eigenvalue weighted by molar-refractivity contribution is 5.47. The number of hydrogen-bond donors (Lipinski definition) is 1. The largest absolute Gasteiger partial charge is 0.457 e. The summed E-state index contributed by atoms with van der Waals surface area (Å²) in [5, 5.41) is 0. The first kappa shape index (κ1) is 9.72. The molecule has 84 valence electrons. The number of imidazole rings is 1. The second-order valence-corrected chi connectivity index (χ2v) is 3.73. The van der Waals surface area contributed by atoms with E-state index in [0.717, 1.165) is 22.8 Å². The summed E-state index contributed by atoms with van der Waals surface area (Å²) in [5.41, 5.74) is 7.19. The van der Waals surface area contributed by atoms with Crippen LogP contribution in [0, 0.1) is 0 Å². The van der Waals surface area contributed by atoms with Crippen molar-refractivity contribution < 1.29 is 4.74 Å². The number of rotatable bonds is 2. The second kappa shape index (κ2) is 3.83. The van der Waals surface area contributed by atoms with Gasteiger partial charge < -0.3 is 14.9 Å². The maximum atomic E-state index is 5.70. The molecule has 0 aliphatic rings. The number of nitrogens with zero attached hydrogens (tertiary/aromatic N) is 2. The third-order valence-electron chi connectivity index (χ3n) is 2.49. The van der Waals surface area contributed by atoms with Gasteiger partial charge >= 0.3 is 0 Å². The number of fused-ring (bicyclic) bond motifs is 1. The number of aromatic nitrogens is 2. The molecule has 2 heterocycles. The van der Waals surface area contributed by atoms with Gasteiger partial charge in [-0.25, -0.2) is 4.98 Å². The van der Waals surface area contributed by atoms with Crippen molar-refractivity contribution in [2.45, 2.75) is 0 Å². The van der Waals surface area contributed by atoms with E-state index in [4.69, 9.17) is 10.5 Å². The summed E-state index contributed by atoms with van der Waals surface area (Å²) in [5.74, 6) is 1.52. The van der Waals surface area contributed by atoms with Crippen molar-refractivity contribution in [2.24, 2.45) is 0 Å². The van der Waals surface area contributed by atoms with Gasteiger partial charge in [0.1, 0.15) is 17.1 Å². The van der Waals surface area contributed by atoms with E-state index in [9.17, 15) is 0 Å². The van der Waals surface area contributed by atoms with Crippen molar-refractivity contribution in [3.63, 3.8) is 0 Å². The summed E-state index contributed by atoms with van der Waals surface area (Å²) in [6.07, 6.45) is 5.56. The first-order chi connectivity index (χ1) is 8.31. The predicted octanol–water partition coefficient (Wildman–Crippen LogP) is 2.71. The van der Waals surface area contributed by atoms with Gasteiger partial charge in [-0.1, -0.05) is 0 Å². The Hall–Kier alpha value is -2.49. The Morgan fingerprint density at radius 2 is 1.82 bits per heavy atom. The molecular formula is C13H11N3O. The molecule has 1 aromatic carbocycles. The lowest BCUT2D eigenvalue weighted by Crippen LogP contribution is -1.88. The molecule has 0 amide bonds. The lowest BCUT2D eigenvalue weighted by atomic mass is 10.3. The average Bonchev–Trinajstić information content (AvgIpc) is 2.79. The van der Waals surface area contributed by atoms with E-state index in [-0.39, 0.29) is 0 Å². The van der Waals surface area contributed by atoms with Crippen molar-refractivity contribution >= 4 is 11.3 Å².